The predicted molar refractivity (Wildman–Crippen MR) is 146 cm³/mol. The second kappa shape index (κ2) is 11.7. The molecule has 0 bridgehead atoms. The molecular weight excluding hydrogens is 698 g/mol. The number of anilines is 1. The highest BCUT2D eigenvalue weighted by Crippen LogP contribution is 2.31. The second-order valence-electron chi connectivity index (χ2n) is 6.58. The maximum absolute atomic E-state index is 12.6. The molecule has 0 unspecified atom stereocenters. The van der Waals surface area contributed by atoms with Crippen LogP contribution in [0, 0.1) is 18.5 Å². The summed E-state index contributed by atoms with van der Waals surface area (Å²) in [5.41, 5.74) is 2.40. The van der Waals surface area contributed by atoms with Gasteiger partial charge < -0.3 is 14.8 Å². The zero-order valence-electron chi connectivity index (χ0n) is 16.9. The molecule has 0 aliphatic rings. The van der Waals surface area contributed by atoms with Gasteiger partial charge in [-0.25, -0.2) is 0 Å². The maximum atomic E-state index is 12.6. The average Bonchev–Trinajstić information content (AvgIpc) is 2.78. The molecule has 0 saturated carbocycles. The number of carbonyl (C=O) groups is 1. The van der Waals surface area contributed by atoms with E-state index in [0.29, 0.717) is 18.0 Å². The van der Waals surface area contributed by atoms with E-state index in [4.69, 9.17) is 9.47 Å². The van der Waals surface area contributed by atoms with E-state index < -0.39 is 5.91 Å². The van der Waals surface area contributed by atoms with Gasteiger partial charge in [0.15, 0.2) is 0 Å². The first-order valence-electron chi connectivity index (χ1n) is 9.33. The first-order valence-corrected chi connectivity index (χ1v) is 12.3. The molecule has 0 radical (unpaired) electrons. The van der Waals surface area contributed by atoms with Crippen molar-refractivity contribution >= 4 is 78.8 Å². The van der Waals surface area contributed by atoms with E-state index in [2.05, 4.69) is 66.4 Å². The summed E-state index contributed by atoms with van der Waals surface area (Å²) >= 11 is 7.83. The normalized spacial score (nSPS) is 10.9. The number of nitrogens with zero attached hydrogens (tertiary/aromatic N) is 1. The van der Waals surface area contributed by atoms with Crippen LogP contribution in [-0.2, 0) is 11.4 Å². The quantitative estimate of drug-likeness (QED) is 0.166. The smallest absolute Gasteiger partial charge is 0.266 e. The topological polar surface area (TPSA) is 71.3 Å². The predicted octanol–water partition coefficient (Wildman–Crippen LogP) is 6.79. The average molecular weight is 715 g/mol. The van der Waals surface area contributed by atoms with Crippen LogP contribution in [0.25, 0.3) is 6.08 Å². The molecule has 0 spiro atoms. The van der Waals surface area contributed by atoms with Crippen LogP contribution in [0.4, 0.5) is 5.69 Å². The van der Waals surface area contributed by atoms with E-state index in [1.807, 2.05) is 42.5 Å². The summed E-state index contributed by atoms with van der Waals surface area (Å²) in [6.07, 6.45) is 1.57. The molecule has 0 fully saturated rings. The van der Waals surface area contributed by atoms with Gasteiger partial charge in [-0.3, -0.25) is 4.79 Å². The zero-order chi connectivity index (χ0) is 23.1. The summed E-state index contributed by atoms with van der Waals surface area (Å²) in [6, 6.07) is 20.6. The number of methoxy groups -OCH3 is 1. The van der Waals surface area contributed by atoms with Crippen LogP contribution >= 0.6 is 61.1 Å². The lowest BCUT2D eigenvalue weighted by Crippen LogP contribution is -2.13. The molecule has 5 nitrogen and oxygen atoms in total. The molecule has 0 aliphatic carbocycles. The Hall–Kier alpha value is -2.10. The van der Waals surface area contributed by atoms with Gasteiger partial charge in [0.2, 0.25) is 0 Å². The molecule has 0 saturated heterocycles. The third kappa shape index (κ3) is 6.70. The molecule has 3 rings (SSSR count). The number of nitriles is 1. The Balaban J connectivity index is 1.74. The first-order chi connectivity index (χ1) is 15.4. The van der Waals surface area contributed by atoms with Crippen LogP contribution in [0.1, 0.15) is 11.1 Å². The Kier molecular flexibility index (Phi) is 8.95. The Morgan fingerprint density at radius 2 is 1.72 bits per heavy atom. The number of rotatable bonds is 7. The molecule has 1 amide bonds. The Bertz CT molecular complexity index is 1160. The fourth-order valence-corrected chi connectivity index (χ4v) is 5.12. The highest BCUT2D eigenvalue weighted by molar-refractivity contribution is 14.1. The van der Waals surface area contributed by atoms with Crippen molar-refractivity contribution in [3.8, 4) is 17.6 Å². The van der Waals surface area contributed by atoms with Gasteiger partial charge in [0.05, 0.1) is 14.3 Å². The summed E-state index contributed by atoms with van der Waals surface area (Å²) in [5.74, 6) is 0.983. The summed E-state index contributed by atoms with van der Waals surface area (Å²) in [7, 11) is 1.57. The van der Waals surface area contributed by atoms with Gasteiger partial charge in [0, 0.05) is 10.2 Å². The molecule has 0 aromatic heterocycles. The Morgan fingerprint density at radius 3 is 2.28 bits per heavy atom. The molecule has 8 heteroatoms. The Labute approximate surface area is 222 Å². The minimum Gasteiger partial charge on any atom is -0.497 e. The van der Waals surface area contributed by atoms with E-state index in [1.165, 1.54) is 0 Å². The molecule has 1 N–H and O–H groups in total. The standard InChI is InChI=1S/C24H17BrI2N2O3/c1-31-20-8-6-19(7-9-20)29-24(30)17(13-28)10-16-11-21(26)23(22(27)12-16)32-14-15-2-4-18(25)5-3-15/h2-12H,14H2,1H3,(H,29,30)/b17-10-. The third-order valence-electron chi connectivity index (χ3n) is 4.34. The van der Waals surface area contributed by atoms with Gasteiger partial charge >= 0.3 is 0 Å². The van der Waals surface area contributed by atoms with Gasteiger partial charge in [0.25, 0.3) is 5.91 Å². The fourth-order valence-electron chi connectivity index (χ4n) is 2.72. The SMILES string of the molecule is COc1ccc(NC(=O)/C(C#N)=C\c2cc(I)c(OCc3ccc(Br)cc3)c(I)c2)cc1. The van der Waals surface area contributed by atoms with Crippen molar-refractivity contribution < 1.29 is 14.3 Å². The van der Waals surface area contributed by atoms with Crippen molar-refractivity contribution in [1.29, 1.82) is 5.26 Å². The van der Waals surface area contributed by atoms with Gasteiger partial charge in [-0.05, 0) is 111 Å². The van der Waals surface area contributed by atoms with Crippen molar-refractivity contribution in [3.63, 3.8) is 0 Å². The van der Waals surface area contributed by atoms with Crippen LogP contribution in [0.15, 0.2) is 70.7 Å². The first kappa shape index (κ1) is 24.5. The minimum absolute atomic E-state index is 0.0101. The molecule has 3 aromatic carbocycles. The van der Waals surface area contributed by atoms with Gasteiger partial charge in [-0.15, -0.1) is 0 Å². The summed E-state index contributed by atoms with van der Waals surface area (Å²) < 4.78 is 13.9. The van der Waals surface area contributed by atoms with E-state index in [-0.39, 0.29) is 5.57 Å². The molecule has 32 heavy (non-hydrogen) atoms. The number of benzene rings is 3. The molecule has 3 aromatic rings. The monoisotopic (exact) mass is 714 g/mol. The van der Waals surface area contributed by atoms with E-state index in [9.17, 15) is 10.1 Å². The third-order valence-corrected chi connectivity index (χ3v) is 6.47. The fraction of sp³-hybridized carbons (Fsp3) is 0.0833. The van der Waals surface area contributed by atoms with Crippen molar-refractivity contribution in [2.45, 2.75) is 6.61 Å². The lowest BCUT2D eigenvalue weighted by molar-refractivity contribution is -0.112. The highest BCUT2D eigenvalue weighted by Gasteiger charge is 2.13. The highest BCUT2D eigenvalue weighted by atomic mass is 127. The van der Waals surface area contributed by atoms with Crippen LogP contribution in [-0.4, -0.2) is 13.0 Å². The lowest BCUT2D eigenvalue weighted by atomic mass is 10.1. The minimum atomic E-state index is -0.474. The number of hydrogen-bond acceptors (Lipinski definition) is 4. The number of carbonyl (C=O) groups excluding carboxylic acids is 1. The van der Waals surface area contributed by atoms with E-state index in [0.717, 1.165) is 28.5 Å². The van der Waals surface area contributed by atoms with E-state index >= 15 is 0 Å². The van der Waals surface area contributed by atoms with Gasteiger partial charge in [-0.1, -0.05) is 28.1 Å². The van der Waals surface area contributed by atoms with Crippen LogP contribution in [0.2, 0.25) is 0 Å². The van der Waals surface area contributed by atoms with Crippen molar-refractivity contribution in [2.24, 2.45) is 0 Å². The number of nitrogens with one attached hydrogen (secondary N) is 1. The van der Waals surface area contributed by atoms with Crippen molar-refractivity contribution in [3.05, 3.63) is 89.0 Å². The Morgan fingerprint density at radius 1 is 1.09 bits per heavy atom. The van der Waals surface area contributed by atoms with Crippen molar-refractivity contribution in [1.82, 2.24) is 0 Å². The van der Waals surface area contributed by atoms with Crippen LogP contribution in [0.3, 0.4) is 0 Å². The van der Waals surface area contributed by atoms with E-state index in [1.54, 1.807) is 37.5 Å². The molecule has 0 heterocycles. The zero-order valence-corrected chi connectivity index (χ0v) is 22.8. The largest absolute Gasteiger partial charge is 0.497 e. The maximum Gasteiger partial charge on any atom is 0.266 e. The summed E-state index contributed by atoms with van der Waals surface area (Å²) in [4.78, 5) is 12.6. The van der Waals surface area contributed by atoms with Gasteiger partial charge in [-0.2, -0.15) is 5.26 Å². The summed E-state index contributed by atoms with van der Waals surface area (Å²) in [5, 5.41) is 12.2. The van der Waals surface area contributed by atoms with Crippen LogP contribution < -0.4 is 14.8 Å². The van der Waals surface area contributed by atoms with Crippen molar-refractivity contribution in [2.75, 3.05) is 12.4 Å². The molecule has 162 valence electrons. The number of hydrogen-bond donors (Lipinski definition) is 1. The number of amides is 1. The molecule has 0 atom stereocenters. The van der Waals surface area contributed by atoms with Crippen LogP contribution in [0.5, 0.6) is 11.5 Å². The summed E-state index contributed by atoms with van der Waals surface area (Å²) in [6.45, 7) is 0.447. The number of halogens is 3. The second-order valence-corrected chi connectivity index (χ2v) is 9.82. The molecule has 0 aliphatic heterocycles. The lowest BCUT2D eigenvalue weighted by Gasteiger charge is -2.12. The number of ether oxygens (including phenoxy) is 2. The van der Waals surface area contributed by atoms with Gasteiger partial charge in [0.1, 0.15) is 29.7 Å². The molecular formula is C24H17BrI2N2O3.